The molecule has 29 heavy (non-hydrogen) atoms. The number of carbonyl (C=O) groups is 3. The number of hydrogen-bond acceptors (Lipinski definition) is 9. The quantitative estimate of drug-likeness (QED) is 0.245. The van der Waals surface area contributed by atoms with Crippen LogP contribution in [0.4, 0.5) is 0 Å². The number of nitrogens with zero attached hydrogens (tertiary/aromatic N) is 2. The second-order valence-corrected chi connectivity index (χ2v) is 7.14. The van der Waals surface area contributed by atoms with Gasteiger partial charge < -0.3 is 19.9 Å². The molecule has 0 unspecified atom stereocenters. The van der Waals surface area contributed by atoms with Crippen LogP contribution < -0.4 is 20.5 Å². The van der Waals surface area contributed by atoms with Crippen LogP contribution in [0.25, 0.3) is 0 Å². The summed E-state index contributed by atoms with van der Waals surface area (Å²) in [5.74, 6) is -0.988. The number of hydrogen-bond donors (Lipinski definition) is 2. The highest BCUT2D eigenvalue weighted by Crippen LogP contribution is 2.36. The van der Waals surface area contributed by atoms with E-state index in [9.17, 15) is 14.4 Å². The molecule has 0 aliphatic carbocycles. The number of nitrogens with two attached hydrogens (primary N) is 1. The highest BCUT2D eigenvalue weighted by Gasteiger charge is 2.25. The van der Waals surface area contributed by atoms with Gasteiger partial charge in [0.15, 0.2) is 23.3 Å². The molecule has 10 nitrogen and oxygen atoms in total. The first-order chi connectivity index (χ1) is 13.8. The molecule has 0 atom stereocenters. The van der Waals surface area contributed by atoms with Gasteiger partial charge in [-0.2, -0.15) is 5.10 Å². The molecule has 0 bridgehead atoms. The number of benzene rings is 1. The molecule has 154 valence electrons. The zero-order valence-electron chi connectivity index (χ0n) is 15.4. The van der Waals surface area contributed by atoms with Crippen LogP contribution in [0.1, 0.15) is 12.5 Å². The van der Waals surface area contributed by atoms with Crippen molar-refractivity contribution in [2.24, 2.45) is 15.9 Å². The van der Waals surface area contributed by atoms with Crippen LogP contribution in [-0.2, 0) is 19.1 Å². The van der Waals surface area contributed by atoms with Crippen LogP contribution >= 0.6 is 27.7 Å². The molecule has 2 rings (SSSR count). The number of rotatable bonds is 8. The van der Waals surface area contributed by atoms with Gasteiger partial charge in [0.05, 0.1) is 29.3 Å². The van der Waals surface area contributed by atoms with Crippen molar-refractivity contribution in [3.8, 4) is 11.5 Å². The van der Waals surface area contributed by atoms with E-state index in [1.165, 1.54) is 13.3 Å². The van der Waals surface area contributed by atoms with E-state index in [-0.39, 0.29) is 16.7 Å². The molecule has 1 fully saturated rings. The zero-order valence-corrected chi connectivity index (χ0v) is 17.8. The molecule has 0 saturated carbocycles. The zero-order chi connectivity index (χ0) is 21.4. The van der Waals surface area contributed by atoms with Gasteiger partial charge in [-0.15, -0.1) is 5.10 Å². The largest absolute Gasteiger partial charge is 0.490 e. The van der Waals surface area contributed by atoms with Crippen LogP contribution in [0.15, 0.2) is 37.8 Å². The first-order valence-corrected chi connectivity index (χ1v) is 9.72. The molecule has 0 spiro atoms. The first kappa shape index (κ1) is 22.4. The molecule has 1 aromatic rings. The van der Waals surface area contributed by atoms with Gasteiger partial charge in [-0.25, -0.2) is 4.79 Å². The number of halogens is 1. The summed E-state index contributed by atoms with van der Waals surface area (Å²) in [6, 6.07) is 3.34. The number of esters is 1. The lowest BCUT2D eigenvalue weighted by atomic mass is 10.2. The standard InChI is InChI=1S/C17H17BrN4O6S/c1-3-27-11-5-9(4-10(18)15(11)28-8-13(19)23)7-20-22-17-21-16(25)12(29-17)6-14(24)26-2/h4-7H,3,8H2,1-2H3,(H2,19,23)(H,21,22,25)/b12-6+,20-7?. The van der Waals surface area contributed by atoms with Crippen molar-refractivity contribution in [2.45, 2.75) is 6.92 Å². The Bertz CT molecular complexity index is 915. The Morgan fingerprint density at radius 1 is 1.34 bits per heavy atom. The molecule has 3 N–H and O–H groups in total. The van der Waals surface area contributed by atoms with Crippen LogP contribution in [-0.4, -0.2) is 49.5 Å². The van der Waals surface area contributed by atoms with Gasteiger partial charge in [-0.05, 0) is 52.3 Å². The second-order valence-electron chi connectivity index (χ2n) is 5.26. The summed E-state index contributed by atoms with van der Waals surface area (Å²) >= 11 is 4.32. The van der Waals surface area contributed by atoms with Gasteiger partial charge in [-0.3, -0.25) is 14.9 Å². The number of amidine groups is 1. The first-order valence-electron chi connectivity index (χ1n) is 8.11. The van der Waals surface area contributed by atoms with E-state index in [1.807, 2.05) is 0 Å². The monoisotopic (exact) mass is 484 g/mol. The van der Waals surface area contributed by atoms with E-state index < -0.39 is 17.8 Å². The van der Waals surface area contributed by atoms with Crippen molar-refractivity contribution in [1.82, 2.24) is 5.32 Å². The van der Waals surface area contributed by atoms with Crippen molar-refractivity contribution in [3.05, 3.63) is 33.2 Å². The fraction of sp³-hybridized carbons (Fsp3) is 0.235. The third kappa shape index (κ3) is 6.61. The normalized spacial score (nSPS) is 16.3. The fourth-order valence-electron chi connectivity index (χ4n) is 2.00. The summed E-state index contributed by atoms with van der Waals surface area (Å²) in [6.07, 6.45) is 2.51. The molecule has 1 aliphatic rings. The topological polar surface area (TPSA) is 142 Å². The van der Waals surface area contributed by atoms with Gasteiger partial charge in [0.2, 0.25) is 0 Å². The molecule has 1 aromatic carbocycles. The minimum Gasteiger partial charge on any atom is -0.490 e. The molecule has 2 amide bonds. The van der Waals surface area contributed by atoms with Crippen LogP contribution in [0.3, 0.4) is 0 Å². The molecule has 1 heterocycles. The summed E-state index contributed by atoms with van der Waals surface area (Å²) in [7, 11) is 1.22. The van der Waals surface area contributed by atoms with Gasteiger partial charge in [-0.1, -0.05) is 0 Å². The fourth-order valence-corrected chi connectivity index (χ4v) is 3.31. The number of ether oxygens (including phenoxy) is 3. The number of methoxy groups -OCH3 is 1. The Morgan fingerprint density at radius 3 is 2.76 bits per heavy atom. The summed E-state index contributed by atoms with van der Waals surface area (Å²) < 4.78 is 15.9. The minimum absolute atomic E-state index is 0.156. The Labute approximate surface area is 178 Å². The molecule has 0 radical (unpaired) electrons. The molecule has 1 saturated heterocycles. The molecular weight excluding hydrogens is 468 g/mol. The van der Waals surface area contributed by atoms with Gasteiger partial charge >= 0.3 is 5.97 Å². The minimum atomic E-state index is -0.639. The second kappa shape index (κ2) is 10.6. The van der Waals surface area contributed by atoms with Gasteiger partial charge in [0.25, 0.3) is 11.8 Å². The lowest BCUT2D eigenvalue weighted by molar-refractivity contribution is -0.135. The SMILES string of the molecule is CCOc1cc(C=N/N=C2/NC(=O)/C(=C\C(=O)OC)S2)cc(Br)c1OCC(N)=O. The van der Waals surface area contributed by atoms with Crippen LogP contribution in [0.5, 0.6) is 11.5 Å². The van der Waals surface area contributed by atoms with Gasteiger partial charge in [0, 0.05) is 6.08 Å². The molecule has 1 aliphatic heterocycles. The lowest BCUT2D eigenvalue weighted by Gasteiger charge is -2.13. The number of nitrogens with one attached hydrogen (secondary N) is 1. The highest BCUT2D eigenvalue weighted by atomic mass is 79.9. The summed E-state index contributed by atoms with van der Waals surface area (Å²) in [4.78, 5) is 34.1. The van der Waals surface area contributed by atoms with Crippen molar-refractivity contribution in [3.63, 3.8) is 0 Å². The summed E-state index contributed by atoms with van der Waals surface area (Å²) in [6.45, 7) is 1.89. The van der Waals surface area contributed by atoms with Crippen LogP contribution in [0, 0.1) is 0 Å². The third-order valence-corrected chi connectivity index (χ3v) is 4.64. The van der Waals surface area contributed by atoms with E-state index in [4.69, 9.17) is 15.2 Å². The van der Waals surface area contributed by atoms with Crippen molar-refractivity contribution < 1.29 is 28.6 Å². The summed E-state index contributed by atoms with van der Waals surface area (Å²) in [5, 5.41) is 10.5. The van der Waals surface area contributed by atoms with E-state index >= 15 is 0 Å². The van der Waals surface area contributed by atoms with E-state index in [2.05, 4.69) is 36.2 Å². The van der Waals surface area contributed by atoms with Gasteiger partial charge in [0.1, 0.15) is 0 Å². The van der Waals surface area contributed by atoms with Crippen molar-refractivity contribution in [1.29, 1.82) is 0 Å². The van der Waals surface area contributed by atoms with Crippen molar-refractivity contribution >= 4 is 56.9 Å². The van der Waals surface area contributed by atoms with E-state index in [1.54, 1.807) is 19.1 Å². The number of thioether (sulfide) groups is 1. The lowest BCUT2D eigenvalue weighted by Crippen LogP contribution is -2.20. The Balaban J connectivity index is 2.17. The summed E-state index contributed by atoms with van der Waals surface area (Å²) in [5.41, 5.74) is 5.73. The van der Waals surface area contributed by atoms with E-state index in [0.29, 0.717) is 28.1 Å². The third-order valence-electron chi connectivity index (χ3n) is 3.15. The Morgan fingerprint density at radius 2 is 2.10 bits per heavy atom. The molecular formula is C17H17BrN4O6S. The predicted octanol–water partition coefficient (Wildman–Crippen LogP) is 1.32. The van der Waals surface area contributed by atoms with Crippen molar-refractivity contribution in [2.75, 3.05) is 20.3 Å². The number of amides is 2. The number of carbonyl (C=O) groups excluding carboxylic acids is 3. The number of primary amides is 1. The van der Waals surface area contributed by atoms with Crippen LogP contribution in [0.2, 0.25) is 0 Å². The molecule has 0 aromatic heterocycles. The molecule has 12 heteroatoms. The smallest absolute Gasteiger partial charge is 0.331 e. The Hall–Kier alpha value is -2.86. The van der Waals surface area contributed by atoms with E-state index in [0.717, 1.165) is 17.8 Å². The maximum Gasteiger partial charge on any atom is 0.331 e. The average Bonchev–Trinajstić information content (AvgIpc) is 3.00. The maximum absolute atomic E-state index is 11.8. The highest BCUT2D eigenvalue weighted by molar-refractivity contribution is 9.10. The maximum atomic E-state index is 11.8. The Kier molecular flexibility index (Phi) is 8.21. The predicted molar refractivity (Wildman–Crippen MR) is 111 cm³/mol. The average molecular weight is 485 g/mol.